The van der Waals surface area contributed by atoms with Crippen LogP contribution in [-0.2, 0) is 14.8 Å². The van der Waals surface area contributed by atoms with Gasteiger partial charge in [-0.15, -0.1) is 0 Å². The summed E-state index contributed by atoms with van der Waals surface area (Å²) in [6.07, 6.45) is 5.10. The van der Waals surface area contributed by atoms with E-state index in [1.165, 1.54) is 22.7 Å². The predicted octanol–water partition coefficient (Wildman–Crippen LogP) is 3.88. The van der Waals surface area contributed by atoms with Gasteiger partial charge in [0.25, 0.3) is 0 Å². The molecule has 1 aromatic rings. The fourth-order valence-corrected chi connectivity index (χ4v) is 5.38. The Kier molecular flexibility index (Phi) is 6.87. The van der Waals surface area contributed by atoms with E-state index in [1.807, 2.05) is 6.92 Å². The Hall–Kier alpha value is -1.94. The second-order valence-electron chi connectivity index (χ2n) is 9.81. The highest BCUT2D eigenvalue weighted by Gasteiger charge is 2.43. The third-order valence-corrected chi connectivity index (χ3v) is 8.34. The lowest BCUT2D eigenvalue weighted by atomic mass is 9.90. The molecule has 0 unspecified atom stereocenters. The van der Waals surface area contributed by atoms with Crippen LogP contribution in [0.15, 0.2) is 12.1 Å². The molecule has 0 radical (unpaired) electrons. The Bertz CT molecular complexity index is 960. The van der Waals surface area contributed by atoms with Crippen LogP contribution < -0.4 is 4.74 Å². The Balaban J connectivity index is 1.27. The molecule has 3 fully saturated rings. The van der Waals surface area contributed by atoms with Crippen molar-refractivity contribution >= 4 is 16.1 Å². The van der Waals surface area contributed by atoms with Crippen molar-refractivity contribution in [1.82, 2.24) is 9.21 Å². The summed E-state index contributed by atoms with van der Waals surface area (Å²) in [4.78, 5) is 13.9. The minimum Gasteiger partial charge on any atom is -0.487 e. The summed E-state index contributed by atoms with van der Waals surface area (Å²) in [5, 5.41) is 0. The Morgan fingerprint density at radius 3 is 2.15 bits per heavy atom. The van der Waals surface area contributed by atoms with E-state index >= 15 is 0 Å². The number of hydrogen-bond acceptors (Lipinski definition) is 5. The van der Waals surface area contributed by atoms with E-state index in [-0.39, 0.29) is 35.9 Å². The van der Waals surface area contributed by atoms with Crippen molar-refractivity contribution in [3.63, 3.8) is 0 Å². The van der Waals surface area contributed by atoms with Gasteiger partial charge in [0.05, 0.1) is 12.9 Å². The van der Waals surface area contributed by atoms with E-state index in [4.69, 9.17) is 9.47 Å². The Labute approximate surface area is 194 Å². The molecule has 1 amide bonds. The fourth-order valence-electron chi connectivity index (χ4n) is 4.51. The molecule has 33 heavy (non-hydrogen) atoms. The van der Waals surface area contributed by atoms with Crippen LogP contribution in [0.3, 0.4) is 0 Å². The highest BCUT2D eigenvalue weighted by molar-refractivity contribution is 7.88. The summed E-state index contributed by atoms with van der Waals surface area (Å²) in [6, 6.07) is 2.60. The standard InChI is InChI=1S/C23H32F2N2O5S/c1-23(7-8-23)32-22(28)26-9-3-16(4-10-26)15-31-21-19(24)13-18(14-20(21)25)17-5-11-27(12-6-17)33(2,29)30/h13-14,16-17H,3-12,15H2,1-2H3. The van der Waals surface area contributed by atoms with Crippen molar-refractivity contribution in [3.05, 3.63) is 29.3 Å². The molecule has 2 saturated heterocycles. The minimum atomic E-state index is -3.25. The zero-order valence-corrected chi connectivity index (χ0v) is 20.0. The van der Waals surface area contributed by atoms with E-state index in [9.17, 15) is 22.0 Å². The highest BCUT2D eigenvalue weighted by Crippen LogP contribution is 2.39. The van der Waals surface area contributed by atoms with E-state index in [0.29, 0.717) is 57.4 Å². The molecule has 0 aromatic heterocycles. The molecule has 2 aliphatic heterocycles. The first-order valence-electron chi connectivity index (χ1n) is 11.6. The van der Waals surface area contributed by atoms with Gasteiger partial charge in [0.1, 0.15) is 5.60 Å². The van der Waals surface area contributed by atoms with Crippen molar-refractivity contribution in [1.29, 1.82) is 0 Å². The second kappa shape index (κ2) is 9.37. The van der Waals surface area contributed by atoms with Gasteiger partial charge in [-0.05, 0) is 75.0 Å². The summed E-state index contributed by atoms with van der Waals surface area (Å²) in [6.45, 7) is 3.88. The van der Waals surface area contributed by atoms with Gasteiger partial charge < -0.3 is 14.4 Å². The van der Waals surface area contributed by atoms with E-state index in [1.54, 1.807) is 4.90 Å². The monoisotopic (exact) mass is 486 g/mol. The lowest BCUT2D eigenvalue weighted by Crippen LogP contribution is -2.41. The normalized spacial score (nSPS) is 22.2. The number of piperidine rings is 2. The molecule has 7 nitrogen and oxygen atoms in total. The third-order valence-electron chi connectivity index (χ3n) is 7.04. The smallest absolute Gasteiger partial charge is 0.410 e. The van der Waals surface area contributed by atoms with Crippen molar-refractivity contribution in [2.24, 2.45) is 5.92 Å². The van der Waals surface area contributed by atoms with Gasteiger partial charge in [-0.2, -0.15) is 0 Å². The van der Waals surface area contributed by atoms with Crippen LogP contribution in [-0.4, -0.2) is 68.4 Å². The van der Waals surface area contributed by atoms with Gasteiger partial charge >= 0.3 is 6.09 Å². The maximum absolute atomic E-state index is 14.7. The first kappa shape index (κ1) is 24.2. The number of sulfonamides is 1. The van der Waals surface area contributed by atoms with E-state index < -0.39 is 21.7 Å². The molecule has 0 atom stereocenters. The van der Waals surface area contributed by atoms with Crippen molar-refractivity contribution in [2.45, 2.75) is 57.0 Å². The van der Waals surface area contributed by atoms with Gasteiger partial charge in [-0.25, -0.2) is 26.3 Å². The lowest BCUT2D eigenvalue weighted by molar-refractivity contribution is 0.0453. The minimum absolute atomic E-state index is 0.0944. The Morgan fingerprint density at radius 1 is 1.06 bits per heavy atom. The Morgan fingerprint density at radius 2 is 1.64 bits per heavy atom. The van der Waals surface area contributed by atoms with Crippen molar-refractivity contribution in [3.8, 4) is 5.75 Å². The number of rotatable bonds is 6. The molecular weight excluding hydrogens is 454 g/mol. The number of ether oxygens (including phenoxy) is 2. The van der Waals surface area contributed by atoms with Crippen molar-refractivity contribution in [2.75, 3.05) is 39.0 Å². The summed E-state index contributed by atoms with van der Waals surface area (Å²) >= 11 is 0. The van der Waals surface area contributed by atoms with E-state index in [2.05, 4.69) is 0 Å². The van der Waals surface area contributed by atoms with Crippen LogP contribution in [0, 0.1) is 17.6 Å². The van der Waals surface area contributed by atoms with Gasteiger partial charge in [0, 0.05) is 26.2 Å². The quantitative estimate of drug-likeness (QED) is 0.610. The number of nitrogens with zero attached hydrogens (tertiary/aromatic N) is 2. The first-order valence-corrected chi connectivity index (χ1v) is 13.4. The summed E-state index contributed by atoms with van der Waals surface area (Å²) in [5.41, 5.74) is 0.227. The molecule has 184 valence electrons. The number of benzene rings is 1. The van der Waals surface area contributed by atoms with Gasteiger partial charge in [-0.3, -0.25) is 0 Å². The molecule has 1 aromatic carbocycles. The van der Waals surface area contributed by atoms with Crippen LogP contribution >= 0.6 is 0 Å². The van der Waals surface area contributed by atoms with E-state index in [0.717, 1.165) is 12.8 Å². The maximum Gasteiger partial charge on any atom is 0.410 e. The summed E-state index contributed by atoms with van der Waals surface area (Å²) in [5.74, 6) is -1.85. The topological polar surface area (TPSA) is 76.2 Å². The van der Waals surface area contributed by atoms with Crippen LogP contribution in [0.5, 0.6) is 5.75 Å². The van der Waals surface area contributed by atoms with Gasteiger partial charge in [0.15, 0.2) is 17.4 Å². The number of amides is 1. The molecule has 2 heterocycles. The molecule has 3 aliphatic rings. The average Bonchev–Trinajstić information content (AvgIpc) is 3.49. The SMILES string of the molecule is CC1(OC(=O)N2CCC(COc3c(F)cc(C4CCN(S(C)(=O)=O)CC4)cc3F)CC2)CC1. The molecule has 1 aliphatic carbocycles. The third kappa shape index (κ3) is 5.95. The maximum atomic E-state index is 14.7. The van der Waals surface area contributed by atoms with Crippen LogP contribution in [0.4, 0.5) is 13.6 Å². The zero-order chi connectivity index (χ0) is 23.8. The van der Waals surface area contributed by atoms with Gasteiger partial charge in [0.2, 0.25) is 10.0 Å². The molecule has 0 bridgehead atoms. The molecule has 4 rings (SSSR count). The molecule has 1 saturated carbocycles. The van der Waals surface area contributed by atoms with Crippen LogP contribution in [0.1, 0.15) is 56.9 Å². The number of carbonyl (C=O) groups is 1. The molecule has 0 N–H and O–H groups in total. The second-order valence-corrected chi connectivity index (χ2v) is 11.8. The number of halogens is 2. The molecular formula is C23H32F2N2O5S. The largest absolute Gasteiger partial charge is 0.487 e. The summed E-state index contributed by atoms with van der Waals surface area (Å²) < 4.78 is 65.1. The molecule has 0 spiro atoms. The molecule has 10 heteroatoms. The summed E-state index contributed by atoms with van der Waals surface area (Å²) in [7, 11) is -3.25. The number of hydrogen-bond donors (Lipinski definition) is 0. The van der Waals surface area contributed by atoms with Gasteiger partial charge in [-0.1, -0.05) is 0 Å². The zero-order valence-electron chi connectivity index (χ0n) is 19.2. The average molecular weight is 487 g/mol. The predicted molar refractivity (Wildman–Crippen MR) is 119 cm³/mol. The van der Waals surface area contributed by atoms with Crippen LogP contribution in [0.2, 0.25) is 0 Å². The van der Waals surface area contributed by atoms with Crippen molar-refractivity contribution < 1.29 is 31.5 Å². The lowest BCUT2D eigenvalue weighted by Gasteiger charge is -2.32. The highest BCUT2D eigenvalue weighted by atomic mass is 32.2. The first-order chi connectivity index (χ1) is 15.5. The van der Waals surface area contributed by atoms with Crippen LogP contribution in [0.25, 0.3) is 0 Å². The number of likely N-dealkylation sites (tertiary alicyclic amines) is 1. The number of carbonyl (C=O) groups excluding carboxylic acids is 1. The fraction of sp³-hybridized carbons (Fsp3) is 0.696.